The summed E-state index contributed by atoms with van der Waals surface area (Å²) in [6.07, 6.45) is 1.21. The maximum absolute atomic E-state index is 5.37. The molecule has 0 saturated heterocycles. The van der Waals surface area contributed by atoms with E-state index in [1.165, 1.54) is 0 Å². The SMILES string of the molecule is CCCNCc1nnc(NCC(C)OC)o1. The van der Waals surface area contributed by atoms with Gasteiger partial charge in [0.05, 0.1) is 12.6 Å². The first-order valence-corrected chi connectivity index (χ1v) is 5.56. The summed E-state index contributed by atoms with van der Waals surface area (Å²) in [7, 11) is 1.67. The van der Waals surface area contributed by atoms with Gasteiger partial charge in [0.2, 0.25) is 5.89 Å². The summed E-state index contributed by atoms with van der Waals surface area (Å²) in [5.41, 5.74) is 0. The van der Waals surface area contributed by atoms with Crippen LogP contribution < -0.4 is 10.6 Å². The zero-order chi connectivity index (χ0) is 11.8. The van der Waals surface area contributed by atoms with E-state index in [1.54, 1.807) is 7.11 Å². The Bertz CT molecular complexity index is 290. The molecule has 1 aromatic heterocycles. The molecular formula is C10H20N4O2. The van der Waals surface area contributed by atoms with Crippen molar-refractivity contribution in [3.8, 4) is 0 Å². The normalized spacial score (nSPS) is 12.7. The zero-order valence-electron chi connectivity index (χ0n) is 10.1. The molecule has 0 spiro atoms. The first-order chi connectivity index (χ1) is 7.76. The van der Waals surface area contributed by atoms with Gasteiger partial charge in [0, 0.05) is 13.7 Å². The van der Waals surface area contributed by atoms with Crippen LogP contribution in [0.2, 0.25) is 0 Å². The number of methoxy groups -OCH3 is 1. The molecule has 16 heavy (non-hydrogen) atoms. The molecule has 6 nitrogen and oxygen atoms in total. The minimum atomic E-state index is 0.119. The quantitative estimate of drug-likeness (QED) is 0.647. The lowest BCUT2D eigenvalue weighted by Gasteiger charge is -2.07. The molecule has 0 radical (unpaired) electrons. The molecule has 0 aromatic carbocycles. The molecule has 6 heteroatoms. The fourth-order valence-corrected chi connectivity index (χ4v) is 1.08. The van der Waals surface area contributed by atoms with Crippen LogP contribution in [-0.2, 0) is 11.3 Å². The average Bonchev–Trinajstić information content (AvgIpc) is 2.74. The largest absolute Gasteiger partial charge is 0.407 e. The lowest BCUT2D eigenvalue weighted by Crippen LogP contribution is -2.18. The Morgan fingerprint density at radius 2 is 2.25 bits per heavy atom. The van der Waals surface area contributed by atoms with Crippen LogP contribution in [0.25, 0.3) is 0 Å². The molecule has 0 fully saturated rings. The Balaban J connectivity index is 2.28. The van der Waals surface area contributed by atoms with Crippen LogP contribution in [0.1, 0.15) is 26.2 Å². The van der Waals surface area contributed by atoms with Crippen molar-refractivity contribution in [1.82, 2.24) is 15.5 Å². The number of anilines is 1. The molecular weight excluding hydrogens is 208 g/mol. The van der Waals surface area contributed by atoms with Crippen LogP contribution >= 0.6 is 0 Å². The highest BCUT2D eigenvalue weighted by Gasteiger charge is 2.06. The molecule has 0 aliphatic carbocycles. The first kappa shape index (κ1) is 12.9. The van der Waals surface area contributed by atoms with Gasteiger partial charge in [0.15, 0.2) is 0 Å². The van der Waals surface area contributed by atoms with Gasteiger partial charge in [-0.1, -0.05) is 12.0 Å². The van der Waals surface area contributed by atoms with Crippen LogP contribution in [0.4, 0.5) is 6.01 Å². The number of ether oxygens (including phenoxy) is 1. The van der Waals surface area contributed by atoms with Gasteiger partial charge in [-0.15, -0.1) is 5.10 Å². The Morgan fingerprint density at radius 3 is 2.94 bits per heavy atom. The molecule has 0 bridgehead atoms. The van der Waals surface area contributed by atoms with Crippen molar-refractivity contribution in [1.29, 1.82) is 0 Å². The molecule has 0 amide bonds. The molecule has 1 atom stereocenters. The van der Waals surface area contributed by atoms with Gasteiger partial charge < -0.3 is 19.8 Å². The third kappa shape index (κ3) is 4.59. The second kappa shape index (κ2) is 7.19. The number of hydrogen-bond acceptors (Lipinski definition) is 6. The van der Waals surface area contributed by atoms with Gasteiger partial charge >= 0.3 is 6.01 Å². The van der Waals surface area contributed by atoms with E-state index in [1.807, 2.05) is 6.92 Å². The molecule has 1 heterocycles. The smallest absolute Gasteiger partial charge is 0.315 e. The van der Waals surface area contributed by atoms with E-state index in [0.29, 0.717) is 25.0 Å². The summed E-state index contributed by atoms with van der Waals surface area (Å²) in [6.45, 7) is 6.29. The maximum atomic E-state index is 5.37. The summed E-state index contributed by atoms with van der Waals surface area (Å²) < 4.78 is 10.5. The second-order valence-corrected chi connectivity index (χ2v) is 3.60. The van der Waals surface area contributed by atoms with Gasteiger partial charge in [0.1, 0.15) is 0 Å². The number of aromatic nitrogens is 2. The summed E-state index contributed by atoms with van der Waals surface area (Å²) in [5.74, 6) is 0.598. The van der Waals surface area contributed by atoms with Crippen molar-refractivity contribution < 1.29 is 9.15 Å². The highest BCUT2D eigenvalue weighted by atomic mass is 16.5. The van der Waals surface area contributed by atoms with Crippen LogP contribution in [-0.4, -0.2) is 36.5 Å². The molecule has 1 unspecified atom stereocenters. The summed E-state index contributed by atoms with van der Waals surface area (Å²) in [4.78, 5) is 0. The third-order valence-electron chi connectivity index (χ3n) is 2.11. The van der Waals surface area contributed by atoms with Crippen LogP contribution in [0.15, 0.2) is 4.42 Å². The van der Waals surface area contributed by atoms with Gasteiger partial charge in [-0.2, -0.15) is 0 Å². The van der Waals surface area contributed by atoms with Crippen molar-refractivity contribution in [3.63, 3.8) is 0 Å². The average molecular weight is 228 g/mol. The molecule has 1 aromatic rings. The van der Waals surface area contributed by atoms with Crippen molar-refractivity contribution >= 4 is 6.01 Å². The van der Waals surface area contributed by atoms with Crippen LogP contribution in [0.5, 0.6) is 0 Å². The highest BCUT2D eigenvalue weighted by molar-refractivity contribution is 5.16. The van der Waals surface area contributed by atoms with Gasteiger partial charge in [-0.25, -0.2) is 0 Å². The monoisotopic (exact) mass is 228 g/mol. The van der Waals surface area contributed by atoms with E-state index < -0.39 is 0 Å². The first-order valence-electron chi connectivity index (χ1n) is 5.56. The van der Waals surface area contributed by atoms with E-state index in [4.69, 9.17) is 9.15 Å². The molecule has 2 N–H and O–H groups in total. The summed E-state index contributed by atoms with van der Waals surface area (Å²) in [5, 5.41) is 14.0. The van der Waals surface area contributed by atoms with E-state index in [-0.39, 0.29) is 6.10 Å². The fraction of sp³-hybridized carbons (Fsp3) is 0.800. The Morgan fingerprint density at radius 1 is 1.44 bits per heavy atom. The number of hydrogen-bond donors (Lipinski definition) is 2. The lowest BCUT2D eigenvalue weighted by molar-refractivity contribution is 0.128. The van der Waals surface area contributed by atoms with Gasteiger partial charge in [-0.05, 0) is 19.9 Å². The number of rotatable bonds is 8. The van der Waals surface area contributed by atoms with E-state index in [2.05, 4.69) is 27.8 Å². The maximum Gasteiger partial charge on any atom is 0.315 e. The molecule has 0 aliphatic heterocycles. The summed E-state index contributed by atoms with van der Waals surface area (Å²) >= 11 is 0. The Labute approximate surface area is 95.8 Å². The summed E-state index contributed by atoms with van der Waals surface area (Å²) in [6, 6.07) is 0.442. The zero-order valence-corrected chi connectivity index (χ0v) is 10.1. The lowest BCUT2D eigenvalue weighted by atomic mass is 10.4. The predicted molar refractivity (Wildman–Crippen MR) is 61.3 cm³/mol. The predicted octanol–water partition coefficient (Wildman–Crippen LogP) is 1.02. The van der Waals surface area contributed by atoms with Crippen LogP contribution in [0.3, 0.4) is 0 Å². The molecule has 0 aliphatic rings. The van der Waals surface area contributed by atoms with E-state index in [9.17, 15) is 0 Å². The minimum absolute atomic E-state index is 0.119. The fourth-order valence-electron chi connectivity index (χ4n) is 1.08. The molecule has 1 rings (SSSR count). The molecule has 0 saturated carbocycles. The minimum Gasteiger partial charge on any atom is -0.407 e. The van der Waals surface area contributed by atoms with Crippen molar-refractivity contribution in [3.05, 3.63) is 5.89 Å². The van der Waals surface area contributed by atoms with E-state index in [0.717, 1.165) is 13.0 Å². The van der Waals surface area contributed by atoms with Crippen molar-refractivity contribution in [2.24, 2.45) is 0 Å². The van der Waals surface area contributed by atoms with Crippen molar-refractivity contribution in [2.75, 3.05) is 25.5 Å². The van der Waals surface area contributed by atoms with E-state index >= 15 is 0 Å². The Kier molecular flexibility index (Phi) is 5.81. The topological polar surface area (TPSA) is 72.2 Å². The number of nitrogens with one attached hydrogen (secondary N) is 2. The van der Waals surface area contributed by atoms with Crippen LogP contribution in [0, 0.1) is 0 Å². The number of nitrogens with zero attached hydrogens (tertiary/aromatic N) is 2. The standard InChI is InChI=1S/C10H20N4O2/c1-4-5-11-7-9-13-14-10(16-9)12-6-8(2)15-3/h8,11H,4-7H2,1-3H3,(H,12,14). The second-order valence-electron chi connectivity index (χ2n) is 3.60. The van der Waals surface area contributed by atoms with Crippen molar-refractivity contribution in [2.45, 2.75) is 32.9 Å². The van der Waals surface area contributed by atoms with Gasteiger partial charge in [0.25, 0.3) is 0 Å². The third-order valence-corrected chi connectivity index (χ3v) is 2.11. The Hall–Kier alpha value is -1.14. The molecule has 92 valence electrons. The highest BCUT2D eigenvalue weighted by Crippen LogP contribution is 2.05. The van der Waals surface area contributed by atoms with Gasteiger partial charge in [-0.3, -0.25) is 0 Å².